The predicted molar refractivity (Wildman–Crippen MR) is 76.8 cm³/mol. The molecule has 3 rings (SSSR count). The van der Waals surface area contributed by atoms with Gasteiger partial charge in [0.15, 0.2) is 0 Å². The van der Waals surface area contributed by atoms with Crippen LogP contribution < -0.4 is 5.69 Å². The molecule has 1 aromatic heterocycles. The highest BCUT2D eigenvalue weighted by Gasteiger charge is 2.22. The number of para-hydroxylation sites is 1. The minimum absolute atomic E-state index is 0.120. The van der Waals surface area contributed by atoms with Gasteiger partial charge in [-0.1, -0.05) is 6.07 Å². The van der Waals surface area contributed by atoms with Crippen LogP contribution in [0.3, 0.4) is 0 Å². The molecule has 0 bridgehead atoms. The summed E-state index contributed by atoms with van der Waals surface area (Å²) < 4.78 is 7.12. The van der Waals surface area contributed by atoms with Gasteiger partial charge in [-0.3, -0.25) is 4.57 Å². The number of carbonyl (C=O) groups is 1. The fourth-order valence-electron chi connectivity index (χ4n) is 2.75. The number of aromatic carboxylic acids is 1. The number of ether oxygens (including phenoxy) is 1. The van der Waals surface area contributed by atoms with Crippen LogP contribution in [0.5, 0.6) is 0 Å². The molecule has 2 heterocycles. The van der Waals surface area contributed by atoms with E-state index in [9.17, 15) is 14.7 Å². The SMILES string of the molecule is CN1CCOC(Cn2c(=O)[nH]c3cccc(C(=O)O)c32)C1. The molecule has 0 saturated carbocycles. The number of hydrogen-bond acceptors (Lipinski definition) is 4. The molecule has 21 heavy (non-hydrogen) atoms. The summed E-state index contributed by atoms with van der Waals surface area (Å²) in [6.07, 6.45) is -0.123. The lowest BCUT2D eigenvalue weighted by atomic mass is 10.2. The van der Waals surface area contributed by atoms with Crippen LogP contribution >= 0.6 is 0 Å². The van der Waals surface area contributed by atoms with Crippen molar-refractivity contribution in [2.24, 2.45) is 0 Å². The number of likely N-dealkylation sites (N-methyl/N-ethyl adjacent to an activating group) is 1. The van der Waals surface area contributed by atoms with E-state index in [1.54, 1.807) is 12.1 Å². The van der Waals surface area contributed by atoms with Crippen LogP contribution in [0.25, 0.3) is 11.0 Å². The van der Waals surface area contributed by atoms with Crippen LogP contribution in [-0.2, 0) is 11.3 Å². The van der Waals surface area contributed by atoms with Crippen LogP contribution in [0.15, 0.2) is 23.0 Å². The van der Waals surface area contributed by atoms with Crippen molar-refractivity contribution in [3.63, 3.8) is 0 Å². The Morgan fingerprint density at radius 3 is 3.05 bits per heavy atom. The van der Waals surface area contributed by atoms with Crippen LogP contribution in [0, 0.1) is 0 Å². The summed E-state index contributed by atoms with van der Waals surface area (Å²) in [5.74, 6) is -1.05. The molecule has 1 saturated heterocycles. The Morgan fingerprint density at radius 2 is 2.33 bits per heavy atom. The second-order valence-electron chi connectivity index (χ2n) is 5.30. The van der Waals surface area contributed by atoms with Gasteiger partial charge in [0, 0.05) is 13.1 Å². The average molecular weight is 291 g/mol. The van der Waals surface area contributed by atoms with Crippen LogP contribution in [0.2, 0.25) is 0 Å². The lowest BCUT2D eigenvalue weighted by molar-refractivity contribution is -0.0273. The molecule has 1 aliphatic rings. The standard InChI is InChI=1S/C14H17N3O4/c1-16-5-6-21-9(7-16)8-17-12-10(13(18)19)3-2-4-11(12)15-14(17)20/h2-4,9H,5-8H2,1H3,(H,15,20)(H,18,19). The summed E-state index contributed by atoms with van der Waals surface area (Å²) in [4.78, 5) is 28.3. The van der Waals surface area contributed by atoms with E-state index < -0.39 is 5.97 Å². The minimum Gasteiger partial charge on any atom is -0.478 e. The number of benzene rings is 1. The smallest absolute Gasteiger partial charge is 0.337 e. The molecule has 7 nitrogen and oxygen atoms in total. The molecule has 1 atom stereocenters. The summed E-state index contributed by atoms with van der Waals surface area (Å²) in [5, 5.41) is 9.30. The molecule has 1 unspecified atom stereocenters. The predicted octanol–water partition coefficient (Wildman–Crippen LogP) is 0.358. The minimum atomic E-state index is -1.05. The Bertz CT molecular complexity index is 733. The number of fused-ring (bicyclic) bond motifs is 1. The molecule has 7 heteroatoms. The van der Waals surface area contributed by atoms with Crippen LogP contribution in [-0.4, -0.2) is 58.4 Å². The lowest BCUT2D eigenvalue weighted by Gasteiger charge is -2.30. The van der Waals surface area contributed by atoms with E-state index in [4.69, 9.17) is 4.74 Å². The summed E-state index contributed by atoms with van der Waals surface area (Å²) in [6, 6.07) is 4.83. The molecule has 1 aromatic carbocycles. The number of carboxylic acids is 1. The number of aromatic amines is 1. The maximum absolute atomic E-state index is 12.1. The highest BCUT2D eigenvalue weighted by molar-refractivity contribution is 6.01. The monoisotopic (exact) mass is 291 g/mol. The molecule has 2 aromatic rings. The van der Waals surface area contributed by atoms with Gasteiger partial charge in [-0.2, -0.15) is 0 Å². The second kappa shape index (κ2) is 5.34. The summed E-state index contributed by atoms with van der Waals surface area (Å²) in [6.45, 7) is 2.53. The Balaban J connectivity index is 2.03. The molecule has 0 aliphatic carbocycles. The molecule has 2 N–H and O–H groups in total. The van der Waals surface area contributed by atoms with Crippen molar-refractivity contribution in [2.45, 2.75) is 12.6 Å². The van der Waals surface area contributed by atoms with Gasteiger partial charge in [0.1, 0.15) is 0 Å². The van der Waals surface area contributed by atoms with Gasteiger partial charge < -0.3 is 19.7 Å². The van der Waals surface area contributed by atoms with Gasteiger partial charge >= 0.3 is 11.7 Å². The molecule has 1 aliphatic heterocycles. The van der Waals surface area contributed by atoms with Gasteiger partial charge in [-0.15, -0.1) is 0 Å². The van der Waals surface area contributed by atoms with E-state index in [1.807, 2.05) is 7.05 Å². The van der Waals surface area contributed by atoms with Gasteiger partial charge in [-0.25, -0.2) is 9.59 Å². The van der Waals surface area contributed by atoms with E-state index in [1.165, 1.54) is 10.6 Å². The number of nitrogens with one attached hydrogen (secondary N) is 1. The quantitative estimate of drug-likeness (QED) is 0.852. The first-order valence-electron chi connectivity index (χ1n) is 6.81. The lowest BCUT2D eigenvalue weighted by Crippen LogP contribution is -2.43. The third kappa shape index (κ3) is 2.57. The highest BCUT2D eigenvalue weighted by Crippen LogP contribution is 2.17. The number of H-pyrrole nitrogens is 1. The molecular formula is C14H17N3O4. The Morgan fingerprint density at radius 1 is 1.52 bits per heavy atom. The van der Waals surface area contributed by atoms with E-state index in [0.29, 0.717) is 30.7 Å². The van der Waals surface area contributed by atoms with Gasteiger partial charge in [0.25, 0.3) is 0 Å². The van der Waals surface area contributed by atoms with Crippen molar-refractivity contribution in [3.8, 4) is 0 Å². The topological polar surface area (TPSA) is 87.6 Å². The highest BCUT2D eigenvalue weighted by atomic mass is 16.5. The number of morpholine rings is 1. The van der Waals surface area contributed by atoms with Gasteiger partial charge in [0.2, 0.25) is 0 Å². The maximum Gasteiger partial charge on any atom is 0.337 e. The first-order valence-corrected chi connectivity index (χ1v) is 6.81. The zero-order valence-electron chi connectivity index (χ0n) is 11.7. The number of hydrogen-bond donors (Lipinski definition) is 2. The van der Waals surface area contributed by atoms with E-state index >= 15 is 0 Å². The van der Waals surface area contributed by atoms with Crippen molar-refractivity contribution in [2.75, 3.05) is 26.7 Å². The van der Waals surface area contributed by atoms with Crippen molar-refractivity contribution in [1.29, 1.82) is 0 Å². The van der Waals surface area contributed by atoms with Gasteiger partial charge in [-0.05, 0) is 19.2 Å². The Labute approximate surface area is 120 Å². The van der Waals surface area contributed by atoms with E-state index in [-0.39, 0.29) is 17.4 Å². The molecule has 112 valence electrons. The van der Waals surface area contributed by atoms with Crippen molar-refractivity contribution in [3.05, 3.63) is 34.2 Å². The fourth-order valence-corrected chi connectivity index (χ4v) is 2.75. The third-order valence-electron chi connectivity index (χ3n) is 3.75. The first-order chi connectivity index (χ1) is 10.1. The van der Waals surface area contributed by atoms with Gasteiger partial charge in [0.05, 0.1) is 35.9 Å². The number of nitrogens with zero attached hydrogens (tertiary/aromatic N) is 2. The largest absolute Gasteiger partial charge is 0.478 e. The number of imidazole rings is 1. The first kappa shape index (κ1) is 13.8. The molecule has 0 spiro atoms. The Kier molecular flexibility index (Phi) is 3.52. The zero-order chi connectivity index (χ0) is 15.0. The van der Waals surface area contributed by atoms with Crippen molar-refractivity contribution in [1.82, 2.24) is 14.5 Å². The summed E-state index contributed by atoms with van der Waals surface area (Å²) in [5.41, 5.74) is 0.765. The molecule has 1 fully saturated rings. The normalized spacial score (nSPS) is 20.0. The summed E-state index contributed by atoms with van der Waals surface area (Å²) >= 11 is 0. The molecular weight excluding hydrogens is 274 g/mol. The van der Waals surface area contributed by atoms with E-state index in [2.05, 4.69) is 9.88 Å². The number of aromatic nitrogens is 2. The van der Waals surface area contributed by atoms with Crippen molar-refractivity contribution >= 4 is 17.0 Å². The third-order valence-corrected chi connectivity index (χ3v) is 3.75. The average Bonchev–Trinajstić information content (AvgIpc) is 2.75. The maximum atomic E-state index is 12.1. The van der Waals surface area contributed by atoms with Crippen LogP contribution in [0.4, 0.5) is 0 Å². The van der Waals surface area contributed by atoms with Crippen LogP contribution in [0.1, 0.15) is 10.4 Å². The molecule has 0 amide bonds. The zero-order valence-corrected chi connectivity index (χ0v) is 11.7. The summed E-state index contributed by atoms with van der Waals surface area (Å²) in [7, 11) is 2.00. The van der Waals surface area contributed by atoms with E-state index in [0.717, 1.165) is 6.54 Å². The Hall–Kier alpha value is -2.12. The number of rotatable bonds is 3. The van der Waals surface area contributed by atoms with Crippen molar-refractivity contribution < 1.29 is 14.6 Å². The second-order valence-corrected chi connectivity index (χ2v) is 5.30. The number of carboxylic acid groups (broad SMARTS) is 1. The fraction of sp³-hybridized carbons (Fsp3) is 0.429. The molecule has 0 radical (unpaired) electrons.